The van der Waals surface area contributed by atoms with Gasteiger partial charge in [0.2, 0.25) is 0 Å². The molecule has 4 nitrogen and oxygen atoms in total. The lowest BCUT2D eigenvalue weighted by Gasteiger charge is -2.28. The Balaban J connectivity index is 1.65. The summed E-state index contributed by atoms with van der Waals surface area (Å²) in [6.07, 6.45) is 11.6. The fraction of sp³-hybridized carbons (Fsp3) is 0.476. The summed E-state index contributed by atoms with van der Waals surface area (Å²) in [4.78, 5) is 10.5. The number of rotatable bonds is 10. The molecule has 1 N–H and O–H groups in total. The van der Waals surface area contributed by atoms with Crippen molar-refractivity contribution in [1.82, 2.24) is 0 Å². The first-order valence-electron chi connectivity index (χ1n) is 9.03. The van der Waals surface area contributed by atoms with Gasteiger partial charge < -0.3 is 14.6 Å². The Bertz CT molecular complexity index is 554. The topological polar surface area (TPSA) is 55.8 Å². The van der Waals surface area contributed by atoms with Crippen LogP contribution in [0.15, 0.2) is 43.0 Å². The molecule has 25 heavy (non-hydrogen) atoms. The van der Waals surface area contributed by atoms with Crippen LogP contribution in [0.3, 0.4) is 0 Å². The molecule has 136 valence electrons. The van der Waals surface area contributed by atoms with Crippen LogP contribution in [0, 0.1) is 5.92 Å². The van der Waals surface area contributed by atoms with E-state index in [1.807, 2.05) is 30.3 Å². The minimum absolute atomic E-state index is 0.404. The van der Waals surface area contributed by atoms with Crippen LogP contribution in [0.2, 0.25) is 0 Å². The summed E-state index contributed by atoms with van der Waals surface area (Å²) >= 11 is 0. The molecule has 4 heteroatoms. The van der Waals surface area contributed by atoms with Crippen LogP contribution in [0.25, 0.3) is 6.08 Å². The van der Waals surface area contributed by atoms with Crippen LogP contribution in [0.1, 0.15) is 44.1 Å². The van der Waals surface area contributed by atoms with Gasteiger partial charge in [0.15, 0.2) is 0 Å². The van der Waals surface area contributed by atoms with Gasteiger partial charge in [0.25, 0.3) is 0 Å². The highest BCUT2D eigenvalue weighted by molar-refractivity contribution is 5.85. The van der Waals surface area contributed by atoms with Crippen molar-refractivity contribution < 1.29 is 19.4 Å². The Kier molecular flexibility index (Phi) is 8.26. The molecule has 1 aromatic rings. The molecule has 0 heterocycles. The molecule has 0 atom stereocenters. The van der Waals surface area contributed by atoms with Crippen LogP contribution in [0.4, 0.5) is 0 Å². The summed E-state index contributed by atoms with van der Waals surface area (Å²) in [6.45, 7) is 5.29. The SMILES string of the molecule is C=CCCCOC1CCC(COc2ccc(C=CC(=O)O)cc2)CC1. The van der Waals surface area contributed by atoms with E-state index in [9.17, 15) is 4.79 Å². The molecule has 0 bridgehead atoms. The molecule has 1 aromatic carbocycles. The first-order chi connectivity index (χ1) is 12.2. The average Bonchev–Trinajstić information content (AvgIpc) is 2.63. The summed E-state index contributed by atoms with van der Waals surface area (Å²) < 4.78 is 11.8. The highest BCUT2D eigenvalue weighted by atomic mass is 16.5. The van der Waals surface area contributed by atoms with E-state index >= 15 is 0 Å². The standard InChI is InChI=1S/C21H28O4/c1-2-3-4-15-24-19-12-7-18(8-13-19)16-25-20-10-5-17(6-11-20)9-14-21(22)23/h2,5-6,9-11,14,18-19H,1,3-4,7-8,12-13,15-16H2,(H,22,23). The lowest BCUT2D eigenvalue weighted by atomic mass is 9.88. The minimum atomic E-state index is -0.944. The highest BCUT2D eigenvalue weighted by Gasteiger charge is 2.21. The van der Waals surface area contributed by atoms with Crippen molar-refractivity contribution in [2.45, 2.75) is 44.6 Å². The van der Waals surface area contributed by atoms with Crippen molar-refractivity contribution >= 4 is 12.0 Å². The number of ether oxygens (including phenoxy) is 2. The molecule has 0 aliphatic heterocycles. The predicted octanol–water partition coefficient (Wildman–Crippen LogP) is 4.70. The molecule has 0 spiro atoms. The molecule has 0 unspecified atom stereocenters. The number of carboxylic acids is 1. The van der Waals surface area contributed by atoms with Gasteiger partial charge in [-0.25, -0.2) is 4.79 Å². The number of carboxylic acid groups (broad SMARTS) is 1. The third-order valence-corrected chi connectivity index (χ3v) is 4.48. The first kappa shape index (κ1) is 19.3. The summed E-state index contributed by atoms with van der Waals surface area (Å²) in [5, 5.41) is 8.62. The van der Waals surface area contributed by atoms with Crippen molar-refractivity contribution in [1.29, 1.82) is 0 Å². The van der Waals surface area contributed by atoms with Gasteiger partial charge in [-0.3, -0.25) is 0 Å². The normalized spacial score (nSPS) is 20.5. The van der Waals surface area contributed by atoms with E-state index in [2.05, 4.69) is 6.58 Å². The summed E-state index contributed by atoms with van der Waals surface area (Å²) in [7, 11) is 0. The van der Waals surface area contributed by atoms with Crippen molar-refractivity contribution in [3.05, 3.63) is 48.6 Å². The molecule has 0 aromatic heterocycles. The third-order valence-electron chi connectivity index (χ3n) is 4.48. The van der Waals surface area contributed by atoms with Crippen molar-refractivity contribution in [3.8, 4) is 5.75 Å². The van der Waals surface area contributed by atoms with E-state index in [1.54, 1.807) is 6.08 Å². The van der Waals surface area contributed by atoms with Crippen LogP contribution in [-0.4, -0.2) is 30.4 Å². The minimum Gasteiger partial charge on any atom is -0.493 e. The van der Waals surface area contributed by atoms with Crippen LogP contribution in [0.5, 0.6) is 5.75 Å². The number of unbranched alkanes of at least 4 members (excludes halogenated alkanes) is 1. The Labute approximate surface area is 150 Å². The highest BCUT2D eigenvalue weighted by Crippen LogP contribution is 2.27. The Hall–Kier alpha value is -2.07. The van der Waals surface area contributed by atoms with E-state index in [0.717, 1.165) is 69.1 Å². The molecule has 1 aliphatic carbocycles. The molecule has 1 aliphatic rings. The van der Waals surface area contributed by atoms with Gasteiger partial charge in [0, 0.05) is 12.7 Å². The summed E-state index contributed by atoms with van der Waals surface area (Å²) in [6, 6.07) is 7.50. The lowest BCUT2D eigenvalue weighted by Crippen LogP contribution is -2.25. The van der Waals surface area contributed by atoms with Gasteiger partial charge in [0.1, 0.15) is 5.75 Å². The largest absolute Gasteiger partial charge is 0.493 e. The monoisotopic (exact) mass is 344 g/mol. The fourth-order valence-electron chi connectivity index (χ4n) is 3.00. The summed E-state index contributed by atoms with van der Waals surface area (Å²) in [5.41, 5.74) is 0.851. The molecule has 0 amide bonds. The van der Waals surface area contributed by atoms with Crippen LogP contribution >= 0.6 is 0 Å². The van der Waals surface area contributed by atoms with E-state index < -0.39 is 5.97 Å². The Morgan fingerprint density at radius 2 is 1.92 bits per heavy atom. The maximum absolute atomic E-state index is 10.5. The maximum atomic E-state index is 10.5. The molecular formula is C21H28O4. The number of allylic oxidation sites excluding steroid dienone is 1. The van der Waals surface area contributed by atoms with Gasteiger partial charge in [-0.1, -0.05) is 18.2 Å². The van der Waals surface area contributed by atoms with Crippen LogP contribution < -0.4 is 4.74 Å². The van der Waals surface area contributed by atoms with E-state index in [4.69, 9.17) is 14.6 Å². The van der Waals surface area contributed by atoms with E-state index in [0.29, 0.717) is 12.0 Å². The average molecular weight is 344 g/mol. The van der Waals surface area contributed by atoms with Gasteiger partial charge in [-0.2, -0.15) is 0 Å². The van der Waals surface area contributed by atoms with E-state index in [-0.39, 0.29) is 0 Å². The summed E-state index contributed by atoms with van der Waals surface area (Å²) in [5.74, 6) is 0.468. The van der Waals surface area contributed by atoms with Crippen molar-refractivity contribution in [3.63, 3.8) is 0 Å². The number of carbonyl (C=O) groups is 1. The zero-order chi connectivity index (χ0) is 17.9. The quantitative estimate of drug-likeness (QED) is 0.379. The van der Waals surface area contributed by atoms with Gasteiger partial charge in [-0.15, -0.1) is 6.58 Å². The van der Waals surface area contributed by atoms with Crippen LogP contribution in [-0.2, 0) is 9.53 Å². The smallest absolute Gasteiger partial charge is 0.328 e. The maximum Gasteiger partial charge on any atom is 0.328 e. The van der Waals surface area contributed by atoms with Gasteiger partial charge in [0.05, 0.1) is 12.7 Å². The number of hydrogen-bond acceptors (Lipinski definition) is 3. The zero-order valence-corrected chi connectivity index (χ0v) is 14.7. The molecule has 0 radical (unpaired) electrons. The number of benzene rings is 1. The fourth-order valence-corrected chi connectivity index (χ4v) is 3.00. The third kappa shape index (κ3) is 7.57. The molecule has 1 saturated carbocycles. The molecular weight excluding hydrogens is 316 g/mol. The second-order valence-corrected chi connectivity index (χ2v) is 6.50. The molecule has 2 rings (SSSR count). The second kappa shape index (κ2) is 10.7. The predicted molar refractivity (Wildman–Crippen MR) is 99.7 cm³/mol. The Morgan fingerprint density at radius 1 is 1.20 bits per heavy atom. The zero-order valence-electron chi connectivity index (χ0n) is 14.7. The second-order valence-electron chi connectivity index (χ2n) is 6.50. The number of hydrogen-bond donors (Lipinski definition) is 1. The number of aliphatic carboxylic acids is 1. The molecule has 1 fully saturated rings. The van der Waals surface area contributed by atoms with Crippen molar-refractivity contribution in [2.24, 2.45) is 5.92 Å². The van der Waals surface area contributed by atoms with E-state index in [1.165, 1.54) is 0 Å². The van der Waals surface area contributed by atoms with Gasteiger partial charge in [-0.05, 0) is 68.2 Å². The molecule has 0 saturated heterocycles. The Morgan fingerprint density at radius 3 is 2.56 bits per heavy atom. The first-order valence-corrected chi connectivity index (χ1v) is 9.03. The van der Waals surface area contributed by atoms with Gasteiger partial charge >= 0.3 is 5.97 Å². The van der Waals surface area contributed by atoms with Crippen molar-refractivity contribution in [2.75, 3.05) is 13.2 Å². The lowest BCUT2D eigenvalue weighted by molar-refractivity contribution is -0.131.